The fraction of sp³-hybridized carbons (Fsp3) is 1.00. The molecule has 0 bridgehead atoms. The molecular weight excluding hydrogens is 276 g/mol. The zero-order chi connectivity index (χ0) is 11.6. The van der Waals surface area contributed by atoms with Crippen LogP contribution in [0.2, 0.25) is 0 Å². The molecule has 0 aliphatic rings. The third-order valence-electron chi connectivity index (χ3n) is 0.681. The first-order chi connectivity index (χ1) is 5.97. The molecule has 0 fully saturated rings. The molecule has 0 aromatic heterocycles. The highest BCUT2D eigenvalue weighted by atomic mass is 32.5. The molecule has 14 heavy (non-hydrogen) atoms. The lowest BCUT2D eigenvalue weighted by Crippen LogP contribution is -1.94. The van der Waals surface area contributed by atoms with Crippen LogP contribution < -0.4 is 0 Å². The van der Waals surface area contributed by atoms with Crippen LogP contribution in [0.1, 0.15) is 0 Å². The van der Waals surface area contributed by atoms with Crippen LogP contribution in [0.4, 0.5) is 0 Å². The largest absolute Gasteiger partial charge is 0.486 e. The van der Waals surface area contributed by atoms with Gasteiger partial charge in [0.05, 0.1) is 0 Å². The Morgan fingerprint density at radius 1 is 1.21 bits per heavy atom. The minimum atomic E-state index is -5.16. The molecule has 0 spiro atoms. The second-order valence-electron chi connectivity index (χ2n) is 1.84. The van der Waals surface area contributed by atoms with Gasteiger partial charge in [-0.05, 0) is 11.8 Å². The quantitative estimate of drug-likeness (QED) is 0.481. The van der Waals surface area contributed by atoms with Crippen molar-refractivity contribution in [3.05, 3.63) is 0 Å². The van der Waals surface area contributed by atoms with E-state index in [-0.39, 0.29) is 0 Å². The summed E-state index contributed by atoms with van der Waals surface area (Å²) in [4.78, 5) is 25.1. The van der Waals surface area contributed by atoms with E-state index < -0.39 is 22.0 Å². The van der Waals surface area contributed by atoms with Gasteiger partial charge in [0.15, 0.2) is 0 Å². The zero-order valence-corrected chi connectivity index (χ0v) is 10.2. The predicted octanol–water partition coefficient (Wildman–Crippen LogP) is 0.252. The maximum atomic E-state index is 10.8. The van der Waals surface area contributed by atoms with Gasteiger partial charge in [0.25, 0.3) is 0 Å². The molecule has 0 heterocycles. The summed E-state index contributed by atoms with van der Waals surface area (Å²) in [7, 11) is -4.13. The smallest absolute Gasteiger partial charge is 0.340 e. The third kappa shape index (κ3) is 7.26. The van der Waals surface area contributed by atoms with Gasteiger partial charge < -0.3 is 19.2 Å². The average molecular weight is 282 g/mol. The fourth-order valence-corrected chi connectivity index (χ4v) is 3.96. The summed E-state index contributed by atoms with van der Waals surface area (Å²) in [5, 5.41) is 0. The van der Waals surface area contributed by atoms with Crippen LogP contribution >= 0.6 is 22.0 Å². The molecule has 0 aromatic carbocycles. The van der Waals surface area contributed by atoms with E-state index >= 15 is 0 Å². The lowest BCUT2D eigenvalue weighted by molar-refractivity contribution is 0.228. The molecule has 2 radical (unpaired) electrons. The van der Waals surface area contributed by atoms with Gasteiger partial charge in [-0.1, -0.05) is 0 Å². The molecule has 0 aliphatic heterocycles. The van der Waals surface area contributed by atoms with Gasteiger partial charge in [0.2, 0.25) is 7.57 Å². The van der Waals surface area contributed by atoms with Crippen molar-refractivity contribution in [1.82, 2.24) is 0 Å². The summed E-state index contributed by atoms with van der Waals surface area (Å²) in [5.74, 6) is 0. The SMILES string of the molecule is [B]P(=S)(OC)OP(=O)(O)OP(=O)(O)O. The van der Waals surface area contributed by atoms with Crippen LogP contribution in [0.5, 0.6) is 0 Å². The first-order valence-electron chi connectivity index (χ1n) is 2.73. The maximum Gasteiger partial charge on any atom is 0.486 e. The number of hydrogen-bond donors (Lipinski definition) is 3. The van der Waals surface area contributed by atoms with Gasteiger partial charge in [-0.25, -0.2) is 13.4 Å². The lowest BCUT2D eigenvalue weighted by atomic mass is 10.8. The third-order valence-corrected chi connectivity index (χ3v) is 5.65. The minimum absolute atomic E-state index is 1.01. The van der Waals surface area contributed by atoms with Crippen molar-refractivity contribution in [3.63, 3.8) is 0 Å². The molecule has 0 aromatic rings. The summed E-state index contributed by atoms with van der Waals surface area (Å²) in [5.41, 5.74) is 0. The fourth-order valence-electron chi connectivity index (χ4n) is 0.326. The van der Waals surface area contributed by atoms with Crippen LogP contribution in [0.3, 0.4) is 0 Å². The second-order valence-corrected chi connectivity index (χ2v) is 8.04. The van der Waals surface area contributed by atoms with E-state index in [1.807, 2.05) is 0 Å². The van der Waals surface area contributed by atoms with E-state index in [0.717, 1.165) is 7.11 Å². The van der Waals surface area contributed by atoms with E-state index in [0.29, 0.717) is 0 Å². The molecule has 2 unspecified atom stereocenters. The standard InChI is InChI=1S/CH6BO8P3S/c1-8-11(2,14)9-13(6,7)10-12(3,4)5/h1H3,(H,6,7)(H2,3,4,5). The Morgan fingerprint density at radius 3 is 1.93 bits per heavy atom. The Kier molecular flexibility index (Phi) is 5.17. The minimum Gasteiger partial charge on any atom is -0.340 e. The lowest BCUT2D eigenvalue weighted by Gasteiger charge is -2.19. The molecule has 3 N–H and O–H groups in total. The topological polar surface area (TPSA) is 123 Å². The molecular formula is CH6BO8P3S. The maximum absolute atomic E-state index is 10.8. The molecule has 0 amide bonds. The van der Waals surface area contributed by atoms with Crippen molar-refractivity contribution in [2.45, 2.75) is 0 Å². The summed E-state index contributed by atoms with van der Waals surface area (Å²) < 4.78 is 32.8. The summed E-state index contributed by atoms with van der Waals surface area (Å²) >= 11 is 4.36. The van der Waals surface area contributed by atoms with Crippen LogP contribution in [-0.4, -0.2) is 29.4 Å². The van der Waals surface area contributed by atoms with E-state index in [1.54, 1.807) is 0 Å². The normalized spacial score (nSPS) is 21.1. The van der Waals surface area contributed by atoms with Gasteiger partial charge in [-0.3, -0.25) is 0 Å². The van der Waals surface area contributed by atoms with Gasteiger partial charge in [0.1, 0.15) is 6.37 Å². The number of phosphoric acid groups is 2. The Labute approximate surface area is 86.0 Å². The van der Waals surface area contributed by atoms with E-state index in [9.17, 15) is 9.13 Å². The van der Waals surface area contributed by atoms with Crippen molar-refractivity contribution in [2.24, 2.45) is 0 Å². The van der Waals surface area contributed by atoms with Gasteiger partial charge in [-0.2, -0.15) is 4.31 Å². The molecule has 0 aliphatic carbocycles. The molecule has 2 atom stereocenters. The number of rotatable bonds is 5. The highest BCUT2D eigenvalue weighted by Gasteiger charge is 2.35. The van der Waals surface area contributed by atoms with Crippen LogP contribution in [0.25, 0.3) is 0 Å². The second kappa shape index (κ2) is 4.85. The van der Waals surface area contributed by atoms with Crippen molar-refractivity contribution in [3.8, 4) is 0 Å². The van der Waals surface area contributed by atoms with Crippen LogP contribution in [0.15, 0.2) is 0 Å². The van der Waals surface area contributed by atoms with Gasteiger partial charge >= 0.3 is 15.6 Å². The molecule has 13 heteroatoms. The van der Waals surface area contributed by atoms with Crippen molar-refractivity contribution < 1.29 is 37.0 Å². The average Bonchev–Trinajstić information content (AvgIpc) is 1.78. The van der Waals surface area contributed by atoms with E-state index in [4.69, 9.17) is 22.2 Å². The molecule has 0 saturated carbocycles. The Morgan fingerprint density at radius 2 is 1.64 bits per heavy atom. The van der Waals surface area contributed by atoms with E-state index in [1.165, 1.54) is 0 Å². The first-order valence-corrected chi connectivity index (χ1v) is 8.46. The summed E-state index contributed by atoms with van der Waals surface area (Å²) in [6, 6.07) is 0. The highest BCUT2D eigenvalue weighted by molar-refractivity contribution is 8.22. The first kappa shape index (κ1) is 14.9. The molecule has 82 valence electrons. The van der Waals surface area contributed by atoms with Crippen LogP contribution in [0, 0.1) is 0 Å². The highest BCUT2D eigenvalue weighted by Crippen LogP contribution is 2.65. The van der Waals surface area contributed by atoms with Crippen molar-refractivity contribution in [1.29, 1.82) is 0 Å². The number of hydrogen-bond acceptors (Lipinski definition) is 6. The van der Waals surface area contributed by atoms with Crippen molar-refractivity contribution in [2.75, 3.05) is 7.11 Å². The van der Waals surface area contributed by atoms with Crippen LogP contribution in [-0.2, 0) is 34.1 Å². The molecule has 0 saturated heterocycles. The monoisotopic (exact) mass is 282 g/mol. The molecule has 0 rings (SSSR count). The Balaban J connectivity index is 4.60. The van der Waals surface area contributed by atoms with E-state index in [2.05, 4.69) is 25.0 Å². The summed E-state index contributed by atoms with van der Waals surface area (Å²) in [6.45, 7) is 0. The Bertz CT molecular complexity index is 333. The molecule has 8 nitrogen and oxygen atoms in total. The Hall–Kier alpha value is 0.935. The zero-order valence-electron chi connectivity index (χ0n) is 6.71. The predicted molar refractivity (Wildman–Crippen MR) is 51.1 cm³/mol. The summed E-state index contributed by atoms with van der Waals surface area (Å²) in [6.07, 6.45) is -3.53. The van der Waals surface area contributed by atoms with Gasteiger partial charge in [-0.15, -0.1) is 0 Å². The van der Waals surface area contributed by atoms with Gasteiger partial charge in [0, 0.05) is 7.11 Å². The van der Waals surface area contributed by atoms with Crippen molar-refractivity contribution >= 4 is 41.4 Å².